The van der Waals surface area contributed by atoms with Crippen LogP contribution in [0.1, 0.15) is 21.5 Å². The Balaban J connectivity index is 1.76. The van der Waals surface area contributed by atoms with Crippen molar-refractivity contribution in [3.8, 4) is 11.1 Å². The second kappa shape index (κ2) is 6.75. The Kier molecular flexibility index (Phi) is 4.34. The van der Waals surface area contributed by atoms with Crippen molar-refractivity contribution in [3.05, 3.63) is 95.6 Å². The van der Waals surface area contributed by atoms with Gasteiger partial charge in [-0.15, -0.1) is 0 Å². The fourth-order valence-corrected chi connectivity index (χ4v) is 2.35. The molecule has 0 fully saturated rings. The average molecular weight is 300 g/mol. The van der Waals surface area contributed by atoms with E-state index >= 15 is 0 Å². The van der Waals surface area contributed by atoms with Crippen molar-refractivity contribution in [3.63, 3.8) is 0 Å². The summed E-state index contributed by atoms with van der Waals surface area (Å²) in [6.45, 7) is 0. The van der Waals surface area contributed by atoms with Crippen LogP contribution in [0.25, 0.3) is 23.3 Å². The van der Waals surface area contributed by atoms with Crippen molar-refractivity contribution >= 4 is 18.1 Å². The van der Waals surface area contributed by atoms with E-state index in [0.717, 1.165) is 16.7 Å². The summed E-state index contributed by atoms with van der Waals surface area (Å²) in [5.74, 6) is -0.905. The highest BCUT2D eigenvalue weighted by Crippen LogP contribution is 2.21. The maximum atomic E-state index is 10.9. The lowest BCUT2D eigenvalue weighted by atomic mass is 10.0. The molecule has 2 nitrogen and oxygen atoms in total. The first kappa shape index (κ1) is 14.8. The highest BCUT2D eigenvalue weighted by Gasteiger charge is 2.02. The van der Waals surface area contributed by atoms with Crippen LogP contribution in [0.5, 0.6) is 0 Å². The monoisotopic (exact) mass is 300 g/mol. The Hall–Kier alpha value is -3.13. The Morgan fingerprint density at radius 2 is 1.13 bits per heavy atom. The minimum absolute atomic E-state index is 0.302. The molecule has 0 aliphatic carbocycles. The molecule has 0 amide bonds. The zero-order chi connectivity index (χ0) is 16.1. The fraction of sp³-hybridized carbons (Fsp3) is 0. The van der Waals surface area contributed by atoms with Crippen LogP contribution in [-0.2, 0) is 0 Å². The molecule has 0 saturated carbocycles. The Bertz CT molecular complexity index is 814. The lowest BCUT2D eigenvalue weighted by molar-refractivity contribution is 0.0697. The van der Waals surface area contributed by atoms with E-state index in [0.29, 0.717) is 5.56 Å². The van der Waals surface area contributed by atoms with Gasteiger partial charge in [0.2, 0.25) is 0 Å². The van der Waals surface area contributed by atoms with Crippen LogP contribution >= 0.6 is 0 Å². The first-order valence-corrected chi connectivity index (χ1v) is 7.39. The Morgan fingerprint density at radius 1 is 0.652 bits per heavy atom. The summed E-state index contributed by atoms with van der Waals surface area (Å²) in [7, 11) is 0. The van der Waals surface area contributed by atoms with E-state index in [-0.39, 0.29) is 0 Å². The molecule has 3 rings (SSSR count). The van der Waals surface area contributed by atoms with E-state index in [4.69, 9.17) is 5.11 Å². The molecule has 0 spiro atoms. The summed E-state index contributed by atoms with van der Waals surface area (Å²) in [5, 5.41) is 8.93. The zero-order valence-corrected chi connectivity index (χ0v) is 12.5. The van der Waals surface area contributed by atoms with E-state index in [9.17, 15) is 4.79 Å². The average Bonchev–Trinajstić information content (AvgIpc) is 2.61. The van der Waals surface area contributed by atoms with Gasteiger partial charge in [0.15, 0.2) is 0 Å². The van der Waals surface area contributed by atoms with Crippen LogP contribution in [0.15, 0.2) is 78.9 Å². The molecule has 3 aromatic carbocycles. The van der Waals surface area contributed by atoms with Crippen LogP contribution in [0.4, 0.5) is 0 Å². The number of carboxylic acid groups (broad SMARTS) is 1. The summed E-state index contributed by atoms with van der Waals surface area (Å²) in [5.41, 5.74) is 4.67. The van der Waals surface area contributed by atoms with Crippen molar-refractivity contribution < 1.29 is 9.90 Å². The molecule has 23 heavy (non-hydrogen) atoms. The summed E-state index contributed by atoms with van der Waals surface area (Å²) in [6, 6.07) is 25.3. The minimum atomic E-state index is -0.905. The molecule has 0 aliphatic rings. The SMILES string of the molecule is O=C(O)c1ccc(-c2ccc(C=Cc3ccccc3)cc2)cc1. The molecule has 0 radical (unpaired) electrons. The normalized spacial score (nSPS) is 10.8. The first-order valence-electron chi connectivity index (χ1n) is 7.39. The van der Waals surface area contributed by atoms with Crippen molar-refractivity contribution in [2.24, 2.45) is 0 Å². The van der Waals surface area contributed by atoms with Gasteiger partial charge in [0, 0.05) is 0 Å². The summed E-state index contributed by atoms with van der Waals surface area (Å²) in [4.78, 5) is 10.9. The third-order valence-electron chi connectivity index (χ3n) is 3.64. The third kappa shape index (κ3) is 3.74. The minimum Gasteiger partial charge on any atom is -0.478 e. The molecule has 3 aromatic rings. The molecular formula is C21H16O2. The van der Waals surface area contributed by atoms with Gasteiger partial charge in [-0.3, -0.25) is 0 Å². The van der Waals surface area contributed by atoms with Crippen LogP contribution in [-0.4, -0.2) is 11.1 Å². The highest BCUT2D eigenvalue weighted by molar-refractivity contribution is 5.88. The van der Waals surface area contributed by atoms with Gasteiger partial charge in [-0.25, -0.2) is 4.79 Å². The van der Waals surface area contributed by atoms with E-state index in [2.05, 4.69) is 36.4 Å². The van der Waals surface area contributed by atoms with E-state index in [1.165, 1.54) is 5.56 Å². The lowest BCUT2D eigenvalue weighted by Gasteiger charge is -2.03. The number of hydrogen-bond acceptors (Lipinski definition) is 1. The van der Waals surface area contributed by atoms with E-state index < -0.39 is 5.97 Å². The predicted molar refractivity (Wildman–Crippen MR) is 94.2 cm³/mol. The van der Waals surface area contributed by atoms with Crippen molar-refractivity contribution in [1.82, 2.24) is 0 Å². The smallest absolute Gasteiger partial charge is 0.335 e. The zero-order valence-electron chi connectivity index (χ0n) is 12.5. The number of carbonyl (C=O) groups is 1. The van der Waals surface area contributed by atoms with Gasteiger partial charge >= 0.3 is 5.97 Å². The molecule has 0 saturated heterocycles. The number of rotatable bonds is 4. The van der Waals surface area contributed by atoms with E-state index in [1.807, 2.05) is 42.5 Å². The van der Waals surface area contributed by atoms with Gasteiger partial charge in [0.1, 0.15) is 0 Å². The molecule has 112 valence electrons. The number of carboxylic acids is 1. The molecule has 0 aromatic heterocycles. The standard InChI is InChI=1S/C21H16O2/c22-21(23)20-14-12-19(13-15-20)18-10-8-17(9-11-18)7-6-16-4-2-1-3-5-16/h1-15H,(H,22,23). The number of benzene rings is 3. The molecule has 0 unspecified atom stereocenters. The Labute approximate surface area is 135 Å². The molecule has 0 heterocycles. The molecule has 1 N–H and O–H groups in total. The molecule has 0 aliphatic heterocycles. The quantitative estimate of drug-likeness (QED) is 0.670. The van der Waals surface area contributed by atoms with Crippen LogP contribution < -0.4 is 0 Å². The van der Waals surface area contributed by atoms with Crippen LogP contribution in [0.2, 0.25) is 0 Å². The number of hydrogen-bond donors (Lipinski definition) is 1. The van der Waals surface area contributed by atoms with Gasteiger partial charge < -0.3 is 5.11 Å². The maximum absolute atomic E-state index is 10.9. The van der Waals surface area contributed by atoms with Gasteiger partial charge in [-0.1, -0.05) is 78.9 Å². The van der Waals surface area contributed by atoms with Crippen molar-refractivity contribution in [2.45, 2.75) is 0 Å². The fourth-order valence-electron chi connectivity index (χ4n) is 2.35. The molecule has 0 atom stereocenters. The molecular weight excluding hydrogens is 284 g/mol. The van der Waals surface area contributed by atoms with Crippen LogP contribution in [0, 0.1) is 0 Å². The molecule has 0 bridgehead atoms. The van der Waals surface area contributed by atoms with Gasteiger partial charge in [0.05, 0.1) is 5.56 Å². The summed E-state index contributed by atoms with van der Waals surface area (Å²) in [6.07, 6.45) is 4.16. The van der Waals surface area contributed by atoms with Gasteiger partial charge in [-0.05, 0) is 34.4 Å². The largest absolute Gasteiger partial charge is 0.478 e. The topological polar surface area (TPSA) is 37.3 Å². The molecule has 2 heteroatoms. The van der Waals surface area contributed by atoms with Crippen molar-refractivity contribution in [2.75, 3.05) is 0 Å². The third-order valence-corrected chi connectivity index (χ3v) is 3.64. The highest BCUT2D eigenvalue weighted by atomic mass is 16.4. The van der Waals surface area contributed by atoms with Crippen molar-refractivity contribution in [1.29, 1.82) is 0 Å². The lowest BCUT2D eigenvalue weighted by Crippen LogP contribution is -1.94. The Morgan fingerprint density at radius 3 is 1.65 bits per heavy atom. The predicted octanol–water partition coefficient (Wildman–Crippen LogP) is 5.22. The maximum Gasteiger partial charge on any atom is 0.335 e. The van der Waals surface area contributed by atoms with Gasteiger partial charge in [-0.2, -0.15) is 0 Å². The number of aromatic carboxylic acids is 1. The van der Waals surface area contributed by atoms with E-state index in [1.54, 1.807) is 12.1 Å². The second-order valence-electron chi connectivity index (χ2n) is 5.25. The van der Waals surface area contributed by atoms with Gasteiger partial charge in [0.25, 0.3) is 0 Å². The van der Waals surface area contributed by atoms with Crippen LogP contribution in [0.3, 0.4) is 0 Å². The first-order chi connectivity index (χ1) is 11.2. The summed E-state index contributed by atoms with van der Waals surface area (Å²) < 4.78 is 0. The summed E-state index contributed by atoms with van der Waals surface area (Å²) >= 11 is 0. The second-order valence-corrected chi connectivity index (χ2v) is 5.25.